The van der Waals surface area contributed by atoms with E-state index in [1.807, 2.05) is 6.92 Å². The van der Waals surface area contributed by atoms with E-state index in [1.54, 1.807) is 0 Å². The Morgan fingerprint density at radius 2 is 1.60 bits per heavy atom. The summed E-state index contributed by atoms with van der Waals surface area (Å²) in [4.78, 5) is 13.6. The predicted octanol–water partition coefficient (Wildman–Crippen LogP) is 7.57. The van der Waals surface area contributed by atoms with Gasteiger partial charge in [0.2, 0.25) is 0 Å². The number of aliphatic hydroxyl groups is 1. The molecule has 35 heavy (non-hydrogen) atoms. The Balaban J connectivity index is 1.55. The van der Waals surface area contributed by atoms with Crippen molar-refractivity contribution in [3.63, 3.8) is 0 Å². The van der Waals surface area contributed by atoms with Crippen LogP contribution in [0.4, 0.5) is 0 Å². The van der Waals surface area contributed by atoms with Crippen molar-refractivity contribution in [3.8, 4) is 0 Å². The quantitative estimate of drug-likeness (QED) is 0.332. The Bertz CT molecular complexity index is 891. The second-order valence-corrected chi connectivity index (χ2v) is 14.9. The number of esters is 1. The molecular formula is C32H52O3. The molecule has 5 fully saturated rings. The summed E-state index contributed by atoms with van der Waals surface area (Å²) in [6.07, 6.45) is 11.1. The highest BCUT2D eigenvalue weighted by molar-refractivity contribution is 5.78. The molecule has 0 aliphatic heterocycles. The summed E-state index contributed by atoms with van der Waals surface area (Å²) in [6.45, 7) is 21.6. The monoisotopic (exact) mass is 484 g/mol. The largest absolute Gasteiger partial charge is 0.466 e. The Kier molecular flexibility index (Phi) is 5.96. The van der Waals surface area contributed by atoms with Crippen LogP contribution in [0.25, 0.3) is 0 Å². The van der Waals surface area contributed by atoms with Crippen LogP contribution < -0.4 is 0 Å². The van der Waals surface area contributed by atoms with Gasteiger partial charge in [0.05, 0.1) is 18.1 Å². The third kappa shape index (κ3) is 3.15. The first-order valence-corrected chi connectivity index (χ1v) is 14.8. The van der Waals surface area contributed by atoms with Gasteiger partial charge in [-0.15, -0.1) is 0 Å². The van der Waals surface area contributed by atoms with Gasteiger partial charge in [-0.1, -0.05) is 46.8 Å². The van der Waals surface area contributed by atoms with Gasteiger partial charge >= 0.3 is 5.97 Å². The van der Waals surface area contributed by atoms with E-state index in [0.29, 0.717) is 41.6 Å². The van der Waals surface area contributed by atoms with Gasteiger partial charge in [0.1, 0.15) is 0 Å². The molecule has 0 heterocycles. The highest BCUT2D eigenvalue weighted by Crippen LogP contribution is 2.77. The maximum absolute atomic E-state index is 13.6. The highest BCUT2D eigenvalue weighted by atomic mass is 16.5. The van der Waals surface area contributed by atoms with Gasteiger partial charge in [-0.05, 0) is 129 Å². The first-order chi connectivity index (χ1) is 16.3. The molecule has 0 aromatic rings. The first kappa shape index (κ1) is 25.8. The van der Waals surface area contributed by atoms with Crippen LogP contribution in [0.5, 0.6) is 0 Å². The van der Waals surface area contributed by atoms with Gasteiger partial charge in [0.15, 0.2) is 0 Å². The number of fused-ring (bicyclic) bond motifs is 7. The number of allylic oxidation sites excluding steroid dienone is 1. The molecule has 0 spiro atoms. The van der Waals surface area contributed by atoms with Gasteiger partial charge in [-0.25, -0.2) is 0 Å². The zero-order valence-corrected chi connectivity index (χ0v) is 23.7. The van der Waals surface area contributed by atoms with Crippen molar-refractivity contribution in [2.24, 2.45) is 56.7 Å². The van der Waals surface area contributed by atoms with Crippen molar-refractivity contribution in [2.45, 2.75) is 119 Å². The SMILES string of the molecule is C=C(C)[C@@H]1CC[C@]2(C(=O)OCC)CC[C@]3(C)[C@H](CC[C@@H]4[C@@]5(C)CC[C@H](O)C(C)(C)[C@@H]5CC[C@]43C)[C@@H]12. The standard InChI is InChI=1S/C32H52O3/c1-9-35-27(34)32-17-12-21(20(2)3)26(32)22-10-11-24-29(6)15-14-25(33)28(4,5)23(29)13-16-31(24,8)30(22,7)18-19-32/h21-26,33H,2,9-19H2,1,3-8H3/t21-,22+,23-,24+,25-,26+,29-,30+,31+,32-/m0/s1. The van der Waals surface area contributed by atoms with Crippen LogP contribution in [0.2, 0.25) is 0 Å². The van der Waals surface area contributed by atoms with Gasteiger partial charge in [-0.2, -0.15) is 0 Å². The lowest BCUT2D eigenvalue weighted by molar-refractivity contribution is -0.248. The van der Waals surface area contributed by atoms with Gasteiger partial charge in [-0.3, -0.25) is 4.79 Å². The number of ether oxygens (including phenoxy) is 1. The van der Waals surface area contributed by atoms with Gasteiger partial charge < -0.3 is 9.84 Å². The number of rotatable bonds is 3. The van der Waals surface area contributed by atoms with Gasteiger partial charge in [0.25, 0.3) is 0 Å². The minimum atomic E-state index is -0.301. The third-order valence-corrected chi connectivity index (χ3v) is 13.7. The van der Waals surface area contributed by atoms with Crippen LogP contribution in [0, 0.1) is 56.7 Å². The number of carbonyl (C=O) groups is 1. The van der Waals surface area contributed by atoms with E-state index >= 15 is 0 Å². The van der Waals surface area contributed by atoms with E-state index < -0.39 is 0 Å². The molecule has 5 aliphatic carbocycles. The minimum absolute atomic E-state index is 0.00574. The average Bonchev–Trinajstić information content (AvgIpc) is 3.19. The molecule has 198 valence electrons. The summed E-state index contributed by atoms with van der Waals surface area (Å²) in [5.74, 6) is 2.76. The molecule has 1 N–H and O–H groups in total. The van der Waals surface area contributed by atoms with Crippen LogP contribution in [-0.2, 0) is 9.53 Å². The zero-order valence-electron chi connectivity index (χ0n) is 23.7. The summed E-state index contributed by atoms with van der Waals surface area (Å²) < 4.78 is 5.79. The molecule has 0 saturated heterocycles. The number of aliphatic hydroxyl groups excluding tert-OH is 1. The molecule has 0 aromatic carbocycles. The molecular weight excluding hydrogens is 432 g/mol. The number of hydrogen-bond acceptors (Lipinski definition) is 3. The van der Waals surface area contributed by atoms with Crippen LogP contribution in [0.3, 0.4) is 0 Å². The van der Waals surface area contributed by atoms with Crippen molar-refractivity contribution in [3.05, 3.63) is 12.2 Å². The normalized spacial score (nSPS) is 52.5. The lowest BCUT2D eigenvalue weighted by Gasteiger charge is -2.72. The minimum Gasteiger partial charge on any atom is -0.466 e. The molecule has 0 amide bonds. The van der Waals surface area contributed by atoms with Crippen LogP contribution >= 0.6 is 0 Å². The maximum atomic E-state index is 13.6. The topological polar surface area (TPSA) is 46.5 Å². The lowest BCUT2D eigenvalue weighted by Crippen LogP contribution is -2.67. The second-order valence-electron chi connectivity index (χ2n) is 14.9. The lowest BCUT2D eigenvalue weighted by atomic mass is 9.32. The Labute approximate surface area is 214 Å². The average molecular weight is 485 g/mol. The van der Waals surface area contributed by atoms with Crippen LogP contribution in [0.1, 0.15) is 113 Å². The summed E-state index contributed by atoms with van der Waals surface area (Å²) in [6, 6.07) is 0. The van der Waals surface area contributed by atoms with Crippen molar-refractivity contribution in [1.82, 2.24) is 0 Å². The fourth-order valence-electron chi connectivity index (χ4n) is 11.8. The summed E-state index contributed by atoms with van der Waals surface area (Å²) in [7, 11) is 0. The first-order valence-electron chi connectivity index (χ1n) is 14.8. The summed E-state index contributed by atoms with van der Waals surface area (Å²) >= 11 is 0. The molecule has 5 saturated carbocycles. The van der Waals surface area contributed by atoms with E-state index in [1.165, 1.54) is 31.3 Å². The molecule has 0 bridgehead atoms. The summed E-state index contributed by atoms with van der Waals surface area (Å²) in [5, 5.41) is 10.9. The second kappa shape index (κ2) is 8.08. The number of carbonyl (C=O) groups excluding carboxylic acids is 1. The summed E-state index contributed by atoms with van der Waals surface area (Å²) in [5.41, 5.74) is 1.78. The van der Waals surface area contributed by atoms with Gasteiger partial charge in [0, 0.05) is 0 Å². The number of hydrogen-bond donors (Lipinski definition) is 1. The van der Waals surface area contributed by atoms with Crippen molar-refractivity contribution >= 4 is 5.97 Å². The molecule has 0 radical (unpaired) electrons. The van der Waals surface area contributed by atoms with E-state index in [0.717, 1.165) is 38.5 Å². The van der Waals surface area contributed by atoms with Crippen LogP contribution in [0.15, 0.2) is 12.2 Å². The third-order valence-electron chi connectivity index (χ3n) is 13.7. The van der Waals surface area contributed by atoms with Crippen LogP contribution in [-0.4, -0.2) is 23.8 Å². The van der Waals surface area contributed by atoms with E-state index in [9.17, 15) is 9.90 Å². The molecule has 3 heteroatoms. The van der Waals surface area contributed by atoms with Crippen molar-refractivity contribution < 1.29 is 14.6 Å². The predicted molar refractivity (Wildman–Crippen MR) is 142 cm³/mol. The van der Waals surface area contributed by atoms with E-state index in [4.69, 9.17) is 4.74 Å². The molecule has 10 atom stereocenters. The van der Waals surface area contributed by atoms with E-state index in [2.05, 4.69) is 48.1 Å². The molecule has 0 aromatic heterocycles. The smallest absolute Gasteiger partial charge is 0.312 e. The Hall–Kier alpha value is -0.830. The Morgan fingerprint density at radius 3 is 2.26 bits per heavy atom. The highest BCUT2D eigenvalue weighted by Gasteiger charge is 2.72. The molecule has 5 rings (SSSR count). The molecule has 3 nitrogen and oxygen atoms in total. The Morgan fingerprint density at radius 1 is 0.886 bits per heavy atom. The van der Waals surface area contributed by atoms with E-state index in [-0.39, 0.29) is 33.7 Å². The molecule has 5 aliphatic rings. The van der Waals surface area contributed by atoms with Crippen molar-refractivity contribution in [2.75, 3.05) is 6.61 Å². The molecule has 0 unspecified atom stereocenters. The fraction of sp³-hybridized carbons (Fsp3) is 0.906. The zero-order chi connectivity index (χ0) is 25.6. The van der Waals surface area contributed by atoms with Crippen molar-refractivity contribution in [1.29, 1.82) is 0 Å². The fourth-order valence-corrected chi connectivity index (χ4v) is 11.8. The maximum Gasteiger partial charge on any atom is 0.312 e.